The van der Waals surface area contributed by atoms with Crippen LogP contribution in [0.15, 0.2) is 30.3 Å². The van der Waals surface area contributed by atoms with E-state index in [0.29, 0.717) is 34.5 Å². The Hall–Kier alpha value is -2.36. The molecule has 0 saturated heterocycles. The van der Waals surface area contributed by atoms with Gasteiger partial charge in [-0.1, -0.05) is 11.6 Å². The predicted octanol–water partition coefficient (Wildman–Crippen LogP) is 3.63. The minimum Gasteiger partial charge on any atom is -0.493 e. The molecule has 0 aliphatic carbocycles. The van der Waals surface area contributed by atoms with Gasteiger partial charge in [-0.05, 0) is 36.8 Å². The Labute approximate surface area is 117 Å². The van der Waals surface area contributed by atoms with Gasteiger partial charge >= 0.3 is 0 Å². The van der Waals surface area contributed by atoms with Crippen LogP contribution < -0.4 is 9.47 Å². The largest absolute Gasteiger partial charge is 0.493 e. The molecule has 0 N–H and O–H groups in total. The predicted molar refractivity (Wildman–Crippen MR) is 75.1 cm³/mol. The number of aldehydes is 1. The molecule has 2 rings (SSSR count). The quantitative estimate of drug-likeness (QED) is 0.799. The van der Waals surface area contributed by atoms with E-state index < -0.39 is 0 Å². The van der Waals surface area contributed by atoms with Crippen molar-refractivity contribution in [3.63, 3.8) is 0 Å². The molecule has 0 unspecified atom stereocenters. The summed E-state index contributed by atoms with van der Waals surface area (Å²) < 4.78 is 24.4. The van der Waals surface area contributed by atoms with E-state index >= 15 is 0 Å². The lowest BCUT2D eigenvalue weighted by Crippen LogP contribution is -1.97. The van der Waals surface area contributed by atoms with Crippen molar-refractivity contribution < 1.29 is 18.7 Å². The van der Waals surface area contributed by atoms with Crippen LogP contribution in [0.25, 0.3) is 11.1 Å². The van der Waals surface area contributed by atoms with Gasteiger partial charge in [-0.15, -0.1) is 0 Å². The van der Waals surface area contributed by atoms with Crippen molar-refractivity contribution in [2.24, 2.45) is 0 Å². The van der Waals surface area contributed by atoms with Crippen molar-refractivity contribution in [1.29, 1.82) is 0 Å². The van der Waals surface area contributed by atoms with Crippen LogP contribution in [0.4, 0.5) is 4.39 Å². The third kappa shape index (κ3) is 2.50. The molecule has 0 atom stereocenters. The highest BCUT2D eigenvalue weighted by atomic mass is 19.1. The first-order chi connectivity index (χ1) is 9.60. The molecule has 0 amide bonds. The van der Waals surface area contributed by atoms with Crippen LogP contribution in [0.3, 0.4) is 0 Å². The fraction of sp³-hybridized carbons (Fsp3) is 0.188. The summed E-state index contributed by atoms with van der Waals surface area (Å²) in [6.45, 7) is 1.87. The highest BCUT2D eigenvalue weighted by Gasteiger charge is 2.15. The molecule has 0 aromatic heterocycles. The zero-order valence-electron chi connectivity index (χ0n) is 11.6. The van der Waals surface area contributed by atoms with E-state index in [2.05, 4.69) is 0 Å². The molecule has 20 heavy (non-hydrogen) atoms. The summed E-state index contributed by atoms with van der Waals surface area (Å²) in [7, 11) is 2.98. The van der Waals surface area contributed by atoms with Gasteiger partial charge < -0.3 is 9.47 Å². The summed E-state index contributed by atoms with van der Waals surface area (Å²) in [4.78, 5) is 11.2. The molecule has 2 aromatic rings. The number of hydrogen-bond acceptors (Lipinski definition) is 3. The molecule has 0 aliphatic heterocycles. The second-order valence-electron chi connectivity index (χ2n) is 4.40. The normalized spacial score (nSPS) is 10.2. The van der Waals surface area contributed by atoms with Crippen LogP contribution in [0, 0.1) is 12.7 Å². The van der Waals surface area contributed by atoms with Crippen molar-refractivity contribution in [1.82, 2.24) is 0 Å². The van der Waals surface area contributed by atoms with Crippen molar-refractivity contribution in [3.05, 3.63) is 47.3 Å². The number of aryl methyl sites for hydroxylation is 1. The number of hydrogen-bond donors (Lipinski definition) is 0. The van der Waals surface area contributed by atoms with Gasteiger partial charge in [-0.3, -0.25) is 4.79 Å². The second-order valence-corrected chi connectivity index (χ2v) is 4.40. The molecule has 2 aromatic carbocycles. The summed E-state index contributed by atoms with van der Waals surface area (Å²) in [6, 6.07) is 7.92. The Kier molecular flexibility index (Phi) is 4.03. The second kappa shape index (κ2) is 5.74. The number of ether oxygens (including phenoxy) is 2. The highest BCUT2D eigenvalue weighted by molar-refractivity contribution is 5.89. The summed E-state index contributed by atoms with van der Waals surface area (Å²) in [5, 5.41) is 0. The van der Waals surface area contributed by atoms with Gasteiger partial charge in [-0.25, -0.2) is 4.39 Å². The highest BCUT2D eigenvalue weighted by Crippen LogP contribution is 2.36. The van der Waals surface area contributed by atoms with Crippen LogP contribution in [0.2, 0.25) is 0 Å². The smallest absolute Gasteiger partial charge is 0.161 e. The zero-order chi connectivity index (χ0) is 14.7. The Morgan fingerprint density at radius 2 is 1.65 bits per heavy atom. The van der Waals surface area contributed by atoms with Crippen LogP contribution in [-0.4, -0.2) is 20.5 Å². The van der Waals surface area contributed by atoms with E-state index in [0.717, 1.165) is 5.56 Å². The lowest BCUT2D eigenvalue weighted by molar-refractivity contribution is 0.112. The van der Waals surface area contributed by atoms with Crippen LogP contribution in [0.5, 0.6) is 11.5 Å². The van der Waals surface area contributed by atoms with E-state index in [-0.39, 0.29) is 5.82 Å². The van der Waals surface area contributed by atoms with E-state index in [9.17, 15) is 9.18 Å². The molecule has 104 valence electrons. The fourth-order valence-corrected chi connectivity index (χ4v) is 2.07. The number of carbonyl (C=O) groups is 1. The van der Waals surface area contributed by atoms with Gasteiger partial charge in [0.25, 0.3) is 0 Å². The number of halogens is 1. The van der Waals surface area contributed by atoms with E-state index in [4.69, 9.17) is 9.47 Å². The Morgan fingerprint density at radius 1 is 1.00 bits per heavy atom. The Balaban J connectivity index is 2.72. The van der Waals surface area contributed by atoms with Crippen LogP contribution in [0.1, 0.15) is 15.9 Å². The maximum absolute atomic E-state index is 14.0. The minimum atomic E-state index is -0.383. The fourth-order valence-electron chi connectivity index (χ4n) is 2.07. The average molecular weight is 274 g/mol. The first kappa shape index (κ1) is 14.1. The molecule has 4 heteroatoms. The van der Waals surface area contributed by atoms with Gasteiger partial charge in [0.2, 0.25) is 0 Å². The molecular formula is C16H15FO3. The van der Waals surface area contributed by atoms with Gasteiger partial charge in [0.15, 0.2) is 17.8 Å². The molecule has 0 aliphatic rings. The Bertz CT molecular complexity index is 650. The summed E-state index contributed by atoms with van der Waals surface area (Å²) >= 11 is 0. The standard InChI is InChI=1S/C16H15FO3/c1-10-4-5-14(17)13(6-10)12-8-16(20-3)15(19-2)7-11(12)9-18/h4-9H,1-3H3. The first-order valence-corrected chi connectivity index (χ1v) is 6.08. The molecule has 0 saturated carbocycles. The first-order valence-electron chi connectivity index (χ1n) is 6.08. The van der Waals surface area contributed by atoms with E-state index in [1.807, 2.05) is 6.92 Å². The van der Waals surface area contributed by atoms with Gasteiger partial charge in [0, 0.05) is 11.1 Å². The van der Waals surface area contributed by atoms with E-state index in [1.165, 1.54) is 20.3 Å². The van der Waals surface area contributed by atoms with Crippen molar-refractivity contribution in [2.75, 3.05) is 14.2 Å². The topological polar surface area (TPSA) is 35.5 Å². The lowest BCUT2D eigenvalue weighted by Gasteiger charge is -2.13. The molecular weight excluding hydrogens is 259 g/mol. The number of benzene rings is 2. The summed E-state index contributed by atoms with van der Waals surface area (Å²) in [5.74, 6) is 0.506. The Morgan fingerprint density at radius 3 is 2.25 bits per heavy atom. The maximum Gasteiger partial charge on any atom is 0.161 e. The van der Waals surface area contributed by atoms with Crippen LogP contribution >= 0.6 is 0 Å². The maximum atomic E-state index is 14.0. The number of carbonyl (C=O) groups excluding carboxylic acids is 1. The number of methoxy groups -OCH3 is 2. The SMILES string of the molecule is COc1cc(C=O)c(-c2cc(C)ccc2F)cc1OC. The zero-order valence-corrected chi connectivity index (χ0v) is 11.6. The third-order valence-electron chi connectivity index (χ3n) is 3.09. The molecule has 0 heterocycles. The van der Waals surface area contributed by atoms with Crippen molar-refractivity contribution in [3.8, 4) is 22.6 Å². The van der Waals surface area contributed by atoms with Crippen LogP contribution in [-0.2, 0) is 0 Å². The summed E-state index contributed by atoms with van der Waals surface area (Å²) in [6.07, 6.45) is 0.680. The molecule has 0 spiro atoms. The average Bonchev–Trinajstić information content (AvgIpc) is 2.48. The van der Waals surface area contributed by atoms with Gasteiger partial charge in [0.1, 0.15) is 5.82 Å². The van der Waals surface area contributed by atoms with Gasteiger partial charge in [-0.2, -0.15) is 0 Å². The molecule has 3 nitrogen and oxygen atoms in total. The molecule has 0 bridgehead atoms. The van der Waals surface area contributed by atoms with Gasteiger partial charge in [0.05, 0.1) is 14.2 Å². The summed E-state index contributed by atoms with van der Waals surface area (Å²) in [5.41, 5.74) is 2.12. The van der Waals surface area contributed by atoms with E-state index in [1.54, 1.807) is 24.3 Å². The lowest BCUT2D eigenvalue weighted by atomic mass is 9.97. The molecule has 0 radical (unpaired) electrons. The number of rotatable bonds is 4. The monoisotopic (exact) mass is 274 g/mol. The third-order valence-corrected chi connectivity index (χ3v) is 3.09. The minimum absolute atomic E-state index is 0.354. The van der Waals surface area contributed by atoms with Crippen molar-refractivity contribution >= 4 is 6.29 Å². The molecule has 0 fully saturated rings. The van der Waals surface area contributed by atoms with Crippen molar-refractivity contribution in [2.45, 2.75) is 6.92 Å².